The zero-order chi connectivity index (χ0) is 11.4. The molecule has 5 heteroatoms. The molecule has 0 aromatic rings. The Morgan fingerprint density at radius 3 is 2.75 bits per heavy atom. The summed E-state index contributed by atoms with van der Waals surface area (Å²) in [4.78, 5) is 14.0. The molecule has 0 bridgehead atoms. The lowest BCUT2D eigenvalue weighted by Gasteiger charge is -2.38. The number of carbonyl (C=O) groups excluding carboxylic acids is 1. The van der Waals surface area contributed by atoms with Crippen molar-refractivity contribution in [1.82, 2.24) is 4.90 Å². The van der Waals surface area contributed by atoms with Gasteiger partial charge in [0.05, 0.1) is 6.04 Å². The zero-order valence-electron chi connectivity index (χ0n) is 10.3. The molecule has 0 radical (unpaired) electrons. The van der Waals surface area contributed by atoms with E-state index in [2.05, 4.69) is 20.8 Å². The van der Waals surface area contributed by atoms with Gasteiger partial charge in [-0.2, -0.15) is 11.8 Å². The molecule has 0 spiro atoms. The van der Waals surface area contributed by atoms with E-state index in [-0.39, 0.29) is 24.4 Å². The molecule has 0 aliphatic carbocycles. The molecular weight excluding hydrogens is 244 g/mol. The van der Waals surface area contributed by atoms with E-state index in [1.807, 2.05) is 16.7 Å². The normalized spacial score (nSPS) is 27.1. The molecule has 1 aliphatic rings. The number of thioether (sulfide) groups is 1. The summed E-state index contributed by atoms with van der Waals surface area (Å²) in [5, 5.41) is 0.525. The van der Waals surface area contributed by atoms with E-state index in [0.717, 1.165) is 25.1 Å². The van der Waals surface area contributed by atoms with Crippen molar-refractivity contribution in [3.63, 3.8) is 0 Å². The van der Waals surface area contributed by atoms with Gasteiger partial charge in [0.25, 0.3) is 0 Å². The van der Waals surface area contributed by atoms with Crippen molar-refractivity contribution in [3.05, 3.63) is 0 Å². The van der Waals surface area contributed by atoms with Gasteiger partial charge in [-0.3, -0.25) is 4.79 Å². The van der Waals surface area contributed by atoms with E-state index in [1.54, 1.807) is 0 Å². The van der Waals surface area contributed by atoms with Crippen molar-refractivity contribution in [2.75, 3.05) is 12.3 Å². The molecule has 1 rings (SSSR count). The molecule has 3 nitrogen and oxygen atoms in total. The standard InChI is InChI=1S/C11H22N2OS.ClH/c1-4-5-10(12)11(14)13-6-7-15-9(3)8(13)2;/h8-10H,4-7,12H2,1-3H3;1H. The highest BCUT2D eigenvalue weighted by Crippen LogP contribution is 2.24. The lowest BCUT2D eigenvalue weighted by atomic mass is 10.1. The summed E-state index contributed by atoms with van der Waals surface area (Å²) in [5.41, 5.74) is 5.87. The maximum absolute atomic E-state index is 12.0. The van der Waals surface area contributed by atoms with Crippen molar-refractivity contribution >= 4 is 30.1 Å². The van der Waals surface area contributed by atoms with Crippen LogP contribution in [0.1, 0.15) is 33.6 Å². The first-order valence-electron chi connectivity index (χ1n) is 5.75. The van der Waals surface area contributed by atoms with E-state index in [4.69, 9.17) is 5.73 Å². The topological polar surface area (TPSA) is 46.3 Å². The lowest BCUT2D eigenvalue weighted by Crippen LogP contribution is -2.53. The highest BCUT2D eigenvalue weighted by atomic mass is 35.5. The Morgan fingerprint density at radius 1 is 1.56 bits per heavy atom. The maximum Gasteiger partial charge on any atom is 0.239 e. The van der Waals surface area contributed by atoms with Crippen LogP contribution >= 0.6 is 24.2 Å². The van der Waals surface area contributed by atoms with Gasteiger partial charge >= 0.3 is 0 Å². The van der Waals surface area contributed by atoms with Crippen molar-refractivity contribution < 1.29 is 4.79 Å². The van der Waals surface area contributed by atoms with E-state index in [9.17, 15) is 4.79 Å². The van der Waals surface area contributed by atoms with Crippen LogP contribution in [-0.2, 0) is 4.79 Å². The molecule has 0 aromatic carbocycles. The molecular formula is C11H23ClN2OS. The van der Waals surface area contributed by atoms with Crippen LogP contribution in [0.15, 0.2) is 0 Å². The van der Waals surface area contributed by atoms with Gasteiger partial charge in [-0.1, -0.05) is 20.3 Å². The summed E-state index contributed by atoms with van der Waals surface area (Å²) in [7, 11) is 0. The van der Waals surface area contributed by atoms with Gasteiger partial charge in [0.2, 0.25) is 5.91 Å². The summed E-state index contributed by atoms with van der Waals surface area (Å²) < 4.78 is 0. The van der Waals surface area contributed by atoms with Crippen molar-refractivity contribution in [2.24, 2.45) is 5.73 Å². The average molecular weight is 267 g/mol. The predicted octanol–water partition coefficient (Wildman–Crippen LogP) is 1.89. The predicted molar refractivity (Wildman–Crippen MR) is 73.2 cm³/mol. The quantitative estimate of drug-likeness (QED) is 0.849. The van der Waals surface area contributed by atoms with Crippen molar-refractivity contribution in [1.29, 1.82) is 0 Å². The largest absolute Gasteiger partial charge is 0.337 e. The molecule has 3 atom stereocenters. The first kappa shape index (κ1) is 16.1. The monoisotopic (exact) mass is 266 g/mol. The Morgan fingerprint density at radius 2 is 2.19 bits per heavy atom. The third kappa shape index (κ3) is 3.82. The van der Waals surface area contributed by atoms with Gasteiger partial charge in [0.1, 0.15) is 0 Å². The molecule has 0 aromatic heterocycles. The fourth-order valence-corrected chi connectivity index (χ4v) is 2.99. The van der Waals surface area contributed by atoms with Crippen molar-refractivity contribution in [3.8, 4) is 0 Å². The second kappa shape index (κ2) is 7.41. The molecule has 1 aliphatic heterocycles. The number of nitrogens with zero attached hydrogens (tertiary/aromatic N) is 1. The highest BCUT2D eigenvalue weighted by Gasteiger charge is 2.30. The molecule has 3 unspecified atom stereocenters. The number of rotatable bonds is 3. The van der Waals surface area contributed by atoms with E-state index >= 15 is 0 Å². The van der Waals surface area contributed by atoms with Crippen LogP contribution < -0.4 is 5.73 Å². The van der Waals surface area contributed by atoms with Crippen LogP contribution in [0.3, 0.4) is 0 Å². The Kier molecular flexibility index (Phi) is 7.44. The number of nitrogens with two attached hydrogens (primary N) is 1. The summed E-state index contributed by atoms with van der Waals surface area (Å²) in [6.07, 6.45) is 1.77. The molecule has 96 valence electrons. The number of carbonyl (C=O) groups is 1. The van der Waals surface area contributed by atoms with E-state index in [1.165, 1.54) is 0 Å². The molecule has 1 fully saturated rings. The zero-order valence-corrected chi connectivity index (χ0v) is 11.9. The van der Waals surface area contributed by atoms with Crippen LogP contribution in [0.4, 0.5) is 0 Å². The molecule has 16 heavy (non-hydrogen) atoms. The lowest BCUT2D eigenvalue weighted by molar-refractivity contribution is -0.134. The third-order valence-corrected chi connectivity index (χ3v) is 4.42. The molecule has 2 N–H and O–H groups in total. The van der Waals surface area contributed by atoms with Gasteiger partial charge in [0, 0.05) is 23.6 Å². The minimum absolute atomic E-state index is 0. The van der Waals surface area contributed by atoms with Crippen LogP contribution in [0.5, 0.6) is 0 Å². The number of hydrogen-bond donors (Lipinski definition) is 1. The SMILES string of the molecule is CCCC(N)C(=O)N1CCSC(C)C1C.Cl. The van der Waals surface area contributed by atoms with Crippen LogP contribution in [-0.4, -0.2) is 40.4 Å². The van der Waals surface area contributed by atoms with Gasteiger partial charge in [-0.15, -0.1) is 12.4 Å². The highest BCUT2D eigenvalue weighted by molar-refractivity contribution is 8.00. The van der Waals surface area contributed by atoms with Crippen LogP contribution in [0.2, 0.25) is 0 Å². The molecule has 1 saturated heterocycles. The molecule has 1 heterocycles. The number of halogens is 1. The second-order valence-corrected chi connectivity index (χ2v) is 5.73. The van der Waals surface area contributed by atoms with Crippen LogP contribution in [0.25, 0.3) is 0 Å². The summed E-state index contributed by atoms with van der Waals surface area (Å²) in [6, 6.07) is 0.0203. The first-order chi connectivity index (χ1) is 7.07. The Balaban J connectivity index is 0.00000225. The van der Waals surface area contributed by atoms with Gasteiger partial charge in [0.15, 0.2) is 0 Å². The number of hydrogen-bond acceptors (Lipinski definition) is 3. The summed E-state index contributed by atoms with van der Waals surface area (Å²) in [5.74, 6) is 1.17. The van der Waals surface area contributed by atoms with E-state index in [0.29, 0.717) is 11.3 Å². The minimum atomic E-state index is -0.298. The Labute approximate surface area is 109 Å². The maximum atomic E-state index is 12.0. The number of amides is 1. The fourth-order valence-electron chi connectivity index (χ4n) is 1.89. The second-order valence-electron chi connectivity index (χ2n) is 4.24. The molecule has 1 amide bonds. The summed E-state index contributed by atoms with van der Waals surface area (Å²) >= 11 is 1.94. The van der Waals surface area contributed by atoms with Gasteiger partial charge in [-0.05, 0) is 13.3 Å². The van der Waals surface area contributed by atoms with Crippen LogP contribution in [0, 0.1) is 0 Å². The molecule has 0 saturated carbocycles. The Bertz CT molecular complexity index is 228. The van der Waals surface area contributed by atoms with Gasteiger partial charge in [-0.25, -0.2) is 0 Å². The first-order valence-corrected chi connectivity index (χ1v) is 6.80. The third-order valence-electron chi connectivity index (χ3n) is 3.08. The van der Waals surface area contributed by atoms with Crippen molar-refractivity contribution in [2.45, 2.75) is 50.9 Å². The Hall–Kier alpha value is 0.0700. The van der Waals surface area contributed by atoms with E-state index < -0.39 is 0 Å². The smallest absolute Gasteiger partial charge is 0.239 e. The minimum Gasteiger partial charge on any atom is -0.337 e. The fraction of sp³-hybridized carbons (Fsp3) is 0.909. The van der Waals surface area contributed by atoms with Gasteiger partial charge < -0.3 is 10.6 Å². The summed E-state index contributed by atoms with van der Waals surface area (Å²) in [6.45, 7) is 7.21. The average Bonchev–Trinajstić information content (AvgIpc) is 2.21.